The highest BCUT2D eigenvalue weighted by molar-refractivity contribution is 5.97. The molecular formula is C24H24N2O3. The minimum Gasteiger partial charge on any atom is -0.497 e. The summed E-state index contributed by atoms with van der Waals surface area (Å²) in [6.45, 7) is 0. The molecule has 0 unspecified atom stereocenters. The lowest BCUT2D eigenvalue weighted by atomic mass is 9.83. The Labute approximate surface area is 170 Å². The first-order chi connectivity index (χ1) is 14.2. The van der Waals surface area contributed by atoms with Gasteiger partial charge in [0.1, 0.15) is 11.5 Å². The maximum absolute atomic E-state index is 12.9. The van der Waals surface area contributed by atoms with Gasteiger partial charge < -0.3 is 14.8 Å². The van der Waals surface area contributed by atoms with Crippen LogP contribution in [0.2, 0.25) is 0 Å². The van der Waals surface area contributed by atoms with Gasteiger partial charge in [-0.15, -0.1) is 0 Å². The maximum atomic E-state index is 12.9. The Morgan fingerprint density at radius 3 is 2.66 bits per heavy atom. The standard InChI is InChI=1S/C24H24N2O3/c1-28-19-8-9-21(23(15-19)29-2)24(27)26-18-7-6-16-4-3-5-20(22(16)14-18)17-10-12-25-13-11-17/h3-5,8-13,15,18H,6-7,14H2,1-2H3,(H,26,27)/t18-/m1/s1. The van der Waals surface area contributed by atoms with E-state index in [0.29, 0.717) is 17.1 Å². The molecule has 0 saturated carbocycles. The second-order valence-electron chi connectivity index (χ2n) is 7.16. The van der Waals surface area contributed by atoms with Crippen molar-refractivity contribution in [2.45, 2.75) is 25.3 Å². The van der Waals surface area contributed by atoms with Crippen molar-refractivity contribution in [2.24, 2.45) is 0 Å². The predicted octanol–water partition coefficient (Wildman–Crippen LogP) is 4.05. The van der Waals surface area contributed by atoms with Crippen LogP contribution in [0.1, 0.15) is 27.9 Å². The average molecular weight is 388 g/mol. The Hall–Kier alpha value is -3.34. The minimum absolute atomic E-state index is 0.0739. The van der Waals surface area contributed by atoms with E-state index in [0.717, 1.165) is 24.8 Å². The zero-order valence-electron chi connectivity index (χ0n) is 16.6. The van der Waals surface area contributed by atoms with E-state index in [4.69, 9.17) is 9.47 Å². The highest BCUT2D eigenvalue weighted by atomic mass is 16.5. The number of ether oxygens (including phenoxy) is 2. The zero-order chi connectivity index (χ0) is 20.2. The number of hydrogen-bond acceptors (Lipinski definition) is 4. The van der Waals surface area contributed by atoms with Crippen LogP contribution in [-0.4, -0.2) is 31.2 Å². The molecule has 0 spiro atoms. The summed E-state index contributed by atoms with van der Waals surface area (Å²) in [7, 11) is 3.15. The van der Waals surface area contributed by atoms with Crippen molar-refractivity contribution < 1.29 is 14.3 Å². The summed E-state index contributed by atoms with van der Waals surface area (Å²) in [6.07, 6.45) is 6.29. The third-order valence-electron chi connectivity index (χ3n) is 5.47. The van der Waals surface area contributed by atoms with Gasteiger partial charge in [0.25, 0.3) is 5.91 Å². The van der Waals surface area contributed by atoms with Crippen LogP contribution in [0.25, 0.3) is 11.1 Å². The van der Waals surface area contributed by atoms with Crippen molar-refractivity contribution >= 4 is 5.91 Å². The van der Waals surface area contributed by atoms with Crippen molar-refractivity contribution in [1.82, 2.24) is 10.3 Å². The highest BCUT2D eigenvalue weighted by Gasteiger charge is 2.24. The first-order valence-corrected chi connectivity index (χ1v) is 9.73. The fourth-order valence-electron chi connectivity index (χ4n) is 3.96. The van der Waals surface area contributed by atoms with E-state index in [2.05, 4.69) is 28.5 Å². The van der Waals surface area contributed by atoms with E-state index >= 15 is 0 Å². The van der Waals surface area contributed by atoms with Gasteiger partial charge in [0.15, 0.2) is 0 Å². The molecule has 1 aliphatic carbocycles. The monoisotopic (exact) mass is 388 g/mol. The Kier molecular flexibility index (Phi) is 5.47. The summed E-state index contributed by atoms with van der Waals surface area (Å²) in [5.41, 5.74) is 5.54. The van der Waals surface area contributed by atoms with Gasteiger partial charge in [-0.25, -0.2) is 0 Å². The van der Waals surface area contributed by atoms with Crippen LogP contribution >= 0.6 is 0 Å². The van der Waals surface area contributed by atoms with Gasteiger partial charge in [-0.3, -0.25) is 9.78 Å². The van der Waals surface area contributed by atoms with Crippen LogP contribution in [0.5, 0.6) is 11.5 Å². The minimum atomic E-state index is -0.126. The fourth-order valence-corrected chi connectivity index (χ4v) is 3.96. The maximum Gasteiger partial charge on any atom is 0.255 e. The Bertz CT molecular complexity index is 1020. The Morgan fingerprint density at radius 2 is 1.90 bits per heavy atom. The lowest BCUT2D eigenvalue weighted by Crippen LogP contribution is -2.39. The zero-order valence-corrected chi connectivity index (χ0v) is 16.6. The number of carbonyl (C=O) groups excluding carboxylic acids is 1. The van der Waals surface area contributed by atoms with Gasteiger partial charge in [-0.1, -0.05) is 18.2 Å². The van der Waals surface area contributed by atoms with Crippen LogP contribution in [0.15, 0.2) is 60.9 Å². The first-order valence-electron chi connectivity index (χ1n) is 9.73. The van der Waals surface area contributed by atoms with Crippen molar-refractivity contribution in [2.75, 3.05) is 14.2 Å². The third-order valence-corrected chi connectivity index (χ3v) is 5.47. The molecule has 0 saturated heterocycles. The number of amides is 1. The van der Waals surface area contributed by atoms with E-state index in [-0.39, 0.29) is 11.9 Å². The van der Waals surface area contributed by atoms with Crippen LogP contribution < -0.4 is 14.8 Å². The molecule has 1 aliphatic rings. The SMILES string of the molecule is COc1ccc(C(=O)N[C@@H]2CCc3cccc(-c4ccncc4)c3C2)c(OC)c1. The third kappa shape index (κ3) is 3.94. The van der Waals surface area contributed by atoms with Gasteiger partial charge >= 0.3 is 0 Å². The number of aromatic nitrogens is 1. The molecule has 1 heterocycles. The predicted molar refractivity (Wildman–Crippen MR) is 112 cm³/mol. The van der Waals surface area contributed by atoms with Gasteiger partial charge in [0, 0.05) is 24.5 Å². The van der Waals surface area contributed by atoms with Gasteiger partial charge in [-0.2, -0.15) is 0 Å². The average Bonchev–Trinajstić information content (AvgIpc) is 2.78. The molecular weight excluding hydrogens is 364 g/mol. The molecule has 0 aliphatic heterocycles. The number of aryl methyl sites for hydroxylation is 1. The van der Waals surface area contributed by atoms with Gasteiger partial charge in [-0.05, 0) is 65.8 Å². The number of benzene rings is 2. The molecule has 5 nitrogen and oxygen atoms in total. The molecule has 148 valence electrons. The van der Waals surface area contributed by atoms with Crippen LogP contribution in [0.3, 0.4) is 0 Å². The highest BCUT2D eigenvalue weighted by Crippen LogP contribution is 2.32. The Balaban J connectivity index is 1.56. The number of pyridine rings is 1. The normalized spacial score (nSPS) is 15.3. The molecule has 5 heteroatoms. The number of nitrogens with zero attached hydrogens (tertiary/aromatic N) is 1. The number of carbonyl (C=O) groups is 1. The number of nitrogens with one attached hydrogen (secondary N) is 1. The topological polar surface area (TPSA) is 60.5 Å². The van der Waals surface area contributed by atoms with Crippen molar-refractivity contribution in [3.8, 4) is 22.6 Å². The van der Waals surface area contributed by atoms with E-state index in [1.165, 1.54) is 16.7 Å². The summed E-state index contributed by atoms with van der Waals surface area (Å²) in [6, 6.07) is 15.8. The molecule has 3 aromatic rings. The smallest absolute Gasteiger partial charge is 0.255 e. The van der Waals surface area contributed by atoms with Crippen molar-refractivity contribution in [3.05, 3.63) is 77.6 Å². The number of methoxy groups -OCH3 is 2. The molecule has 2 aromatic carbocycles. The molecule has 1 N–H and O–H groups in total. The van der Waals surface area contributed by atoms with Crippen LogP contribution in [0.4, 0.5) is 0 Å². The van der Waals surface area contributed by atoms with Crippen LogP contribution in [-0.2, 0) is 12.8 Å². The van der Waals surface area contributed by atoms with E-state index in [9.17, 15) is 4.79 Å². The molecule has 0 fully saturated rings. The lowest BCUT2D eigenvalue weighted by molar-refractivity contribution is 0.0930. The summed E-state index contributed by atoms with van der Waals surface area (Å²) in [5.74, 6) is 1.04. The number of rotatable bonds is 5. The number of hydrogen-bond donors (Lipinski definition) is 1. The fraction of sp³-hybridized carbons (Fsp3) is 0.250. The van der Waals surface area contributed by atoms with Gasteiger partial charge in [0.05, 0.1) is 19.8 Å². The largest absolute Gasteiger partial charge is 0.497 e. The lowest BCUT2D eigenvalue weighted by Gasteiger charge is -2.28. The molecule has 1 atom stereocenters. The van der Waals surface area contributed by atoms with Crippen molar-refractivity contribution in [3.63, 3.8) is 0 Å². The van der Waals surface area contributed by atoms with Gasteiger partial charge in [0.2, 0.25) is 0 Å². The molecule has 1 amide bonds. The van der Waals surface area contributed by atoms with Crippen LogP contribution in [0, 0.1) is 0 Å². The summed E-state index contributed by atoms with van der Waals surface area (Å²) < 4.78 is 10.6. The number of fused-ring (bicyclic) bond motifs is 1. The molecule has 1 aromatic heterocycles. The van der Waals surface area contributed by atoms with E-state index in [1.807, 2.05) is 24.5 Å². The van der Waals surface area contributed by atoms with Crippen molar-refractivity contribution in [1.29, 1.82) is 0 Å². The quantitative estimate of drug-likeness (QED) is 0.716. The van der Waals surface area contributed by atoms with E-state index < -0.39 is 0 Å². The molecule has 0 bridgehead atoms. The second kappa shape index (κ2) is 8.35. The molecule has 4 rings (SSSR count). The summed E-state index contributed by atoms with van der Waals surface area (Å²) in [4.78, 5) is 17.0. The molecule has 0 radical (unpaired) electrons. The second-order valence-corrected chi connectivity index (χ2v) is 7.16. The Morgan fingerprint density at radius 1 is 1.07 bits per heavy atom. The molecule has 29 heavy (non-hydrogen) atoms. The summed E-state index contributed by atoms with van der Waals surface area (Å²) >= 11 is 0. The summed E-state index contributed by atoms with van der Waals surface area (Å²) in [5, 5.41) is 3.19. The van der Waals surface area contributed by atoms with E-state index in [1.54, 1.807) is 32.4 Å². The first kappa shape index (κ1) is 19.0.